The molecule has 0 spiro atoms. The van der Waals surface area contributed by atoms with E-state index in [0.29, 0.717) is 10.9 Å². The van der Waals surface area contributed by atoms with E-state index in [2.05, 4.69) is 25.9 Å². The van der Waals surface area contributed by atoms with Gasteiger partial charge in [-0.3, -0.25) is 9.89 Å². The summed E-state index contributed by atoms with van der Waals surface area (Å²) in [5.41, 5.74) is 3.33. The zero-order valence-electron chi connectivity index (χ0n) is 12.5. The first-order valence-electron chi connectivity index (χ1n) is 7.47. The van der Waals surface area contributed by atoms with Gasteiger partial charge in [-0.2, -0.15) is 0 Å². The molecule has 2 bridgehead atoms. The molecule has 2 atom stereocenters. The summed E-state index contributed by atoms with van der Waals surface area (Å²) >= 11 is 5.93. The summed E-state index contributed by atoms with van der Waals surface area (Å²) in [6.07, 6.45) is 2.27. The van der Waals surface area contributed by atoms with E-state index in [1.165, 1.54) is 0 Å². The number of aromatic amines is 1. The van der Waals surface area contributed by atoms with Crippen molar-refractivity contribution >= 4 is 11.6 Å². The second-order valence-electron chi connectivity index (χ2n) is 7.16. The van der Waals surface area contributed by atoms with Crippen molar-refractivity contribution in [3.8, 4) is 5.69 Å². The van der Waals surface area contributed by atoms with Crippen LogP contribution < -0.4 is 5.56 Å². The van der Waals surface area contributed by atoms with Crippen molar-refractivity contribution in [2.75, 3.05) is 0 Å². The van der Waals surface area contributed by atoms with E-state index < -0.39 is 0 Å². The van der Waals surface area contributed by atoms with E-state index in [1.807, 2.05) is 24.3 Å². The van der Waals surface area contributed by atoms with E-state index in [9.17, 15) is 4.79 Å². The quantitative estimate of drug-likeness (QED) is 0.849. The lowest BCUT2D eigenvalue weighted by molar-refractivity contribution is 0.224. The Morgan fingerprint density at radius 2 is 1.90 bits per heavy atom. The molecule has 3 nitrogen and oxygen atoms in total. The minimum Gasteiger partial charge on any atom is -0.294 e. The van der Waals surface area contributed by atoms with Gasteiger partial charge in [0.2, 0.25) is 0 Å². The first-order chi connectivity index (χ1) is 9.86. The van der Waals surface area contributed by atoms with Crippen LogP contribution in [0.25, 0.3) is 5.69 Å². The highest BCUT2D eigenvalue weighted by molar-refractivity contribution is 6.30. The van der Waals surface area contributed by atoms with Crippen LogP contribution in [0.15, 0.2) is 29.1 Å². The van der Waals surface area contributed by atoms with Crippen molar-refractivity contribution in [3.05, 3.63) is 50.9 Å². The summed E-state index contributed by atoms with van der Waals surface area (Å²) in [6.45, 7) is 6.89. The number of nitrogens with one attached hydrogen (secondary N) is 1. The number of aromatic nitrogens is 2. The molecule has 2 aliphatic carbocycles. The Morgan fingerprint density at radius 3 is 2.52 bits per heavy atom. The maximum absolute atomic E-state index is 12.9. The van der Waals surface area contributed by atoms with Gasteiger partial charge >= 0.3 is 0 Å². The monoisotopic (exact) mass is 302 g/mol. The van der Waals surface area contributed by atoms with Crippen LogP contribution in [0, 0.1) is 5.41 Å². The molecule has 1 aromatic carbocycles. The van der Waals surface area contributed by atoms with E-state index >= 15 is 0 Å². The summed E-state index contributed by atoms with van der Waals surface area (Å²) in [5.74, 6) is 0.370. The largest absolute Gasteiger partial charge is 0.294 e. The number of hydrogen-bond acceptors (Lipinski definition) is 1. The lowest BCUT2D eigenvalue weighted by atomic mass is 9.70. The van der Waals surface area contributed by atoms with E-state index in [1.54, 1.807) is 4.68 Å². The summed E-state index contributed by atoms with van der Waals surface area (Å²) in [4.78, 5) is 12.9. The molecule has 21 heavy (non-hydrogen) atoms. The van der Waals surface area contributed by atoms with Crippen LogP contribution in [-0.4, -0.2) is 9.78 Å². The third kappa shape index (κ3) is 1.43. The van der Waals surface area contributed by atoms with E-state index in [0.717, 1.165) is 29.8 Å². The van der Waals surface area contributed by atoms with Crippen molar-refractivity contribution in [3.63, 3.8) is 0 Å². The number of hydrogen-bond donors (Lipinski definition) is 1. The average Bonchev–Trinajstić information content (AvgIpc) is 2.95. The first-order valence-corrected chi connectivity index (χ1v) is 7.85. The lowest BCUT2D eigenvalue weighted by Crippen LogP contribution is -2.33. The normalized spacial score (nSPS) is 28.9. The molecule has 4 heteroatoms. The minimum absolute atomic E-state index is 0.0732. The van der Waals surface area contributed by atoms with Crippen molar-refractivity contribution in [1.29, 1.82) is 0 Å². The number of rotatable bonds is 1. The Labute approximate surface area is 128 Å². The third-order valence-electron chi connectivity index (χ3n) is 6.14. The van der Waals surface area contributed by atoms with Crippen LogP contribution in [0.3, 0.4) is 0 Å². The molecule has 1 heterocycles. The maximum atomic E-state index is 12.9. The van der Waals surface area contributed by atoms with Crippen LogP contribution in [0.2, 0.25) is 5.02 Å². The Morgan fingerprint density at radius 1 is 1.24 bits per heavy atom. The topological polar surface area (TPSA) is 37.8 Å². The molecular weight excluding hydrogens is 284 g/mol. The van der Waals surface area contributed by atoms with Gasteiger partial charge in [0, 0.05) is 21.7 Å². The fraction of sp³-hybridized carbons (Fsp3) is 0.471. The number of fused-ring (bicyclic) bond motifs is 5. The average molecular weight is 303 g/mol. The molecule has 2 unspecified atom stereocenters. The molecule has 1 saturated carbocycles. The van der Waals surface area contributed by atoms with Gasteiger partial charge in [0.05, 0.1) is 5.69 Å². The number of nitrogens with zero attached hydrogens (tertiary/aromatic N) is 1. The van der Waals surface area contributed by atoms with Crippen LogP contribution >= 0.6 is 11.6 Å². The Bertz CT molecular complexity index is 784. The SMILES string of the molecule is CC12CCC(c3c1[nH]n(-c1ccc(Cl)cc1)c3=O)C2(C)C. The zero-order valence-corrected chi connectivity index (χ0v) is 13.3. The Balaban J connectivity index is 1.93. The van der Waals surface area contributed by atoms with Crippen molar-refractivity contribution < 1.29 is 0 Å². The van der Waals surface area contributed by atoms with Gasteiger partial charge in [-0.15, -0.1) is 0 Å². The molecule has 2 aliphatic rings. The van der Waals surface area contributed by atoms with Crippen LogP contribution in [-0.2, 0) is 5.41 Å². The third-order valence-corrected chi connectivity index (χ3v) is 6.39. The Hall–Kier alpha value is -1.48. The second kappa shape index (κ2) is 3.83. The van der Waals surface area contributed by atoms with Crippen LogP contribution in [0.1, 0.15) is 50.8 Å². The summed E-state index contributed by atoms with van der Waals surface area (Å²) in [6, 6.07) is 7.39. The predicted molar refractivity (Wildman–Crippen MR) is 84.5 cm³/mol. The van der Waals surface area contributed by atoms with Crippen LogP contribution in [0.5, 0.6) is 0 Å². The van der Waals surface area contributed by atoms with Gasteiger partial charge in [0.1, 0.15) is 0 Å². The fourth-order valence-corrected chi connectivity index (χ4v) is 4.54. The molecule has 4 rings (SSSR count). The summed E-state index contributed by atoms with van der Waals surface area (Å²) in [7, 11) is 0. The second-order valence-corrected chi connectivity index (χ2v) is 7.60. The van der Waals surface area contributed by atoms with Crippen molar-refractivity contribution in [2.45, 2.75) is 44.9 Å². The molecule has 0 saturated heterocycles. The molecule has 1 N–H and O–H groups in total. The van der Waals surface area contributed by atoms with Crippen molar-refractivity contribution in [1.82, 2.24) is 9.78 Å². The maximum Gasteiger partial charge on any atom is 0.274 e. The van der Waals surface area contributed by atoms with Crippen molar-refractivity contribution in [2.24, 2.45) is 5.41 Å². The molecule has 0 aliphatic heterocycles. The molecule has 1 aromatic heterocycles. The fourth-order valence-electron chi connectivity index (χ4n) is 4.42. The van der Waals surface area contributed by atoms with Crippen LogP contribution in [0.4, 0.5) is 0 Å². The smallest absolute Gasteiger partial charge is 0.274 e. The molecular formula is C17H19ClN2O. The molecule has 0 amide bonds. The van der Waals surface area contributed by atoms with Gasteiger partial charge in [0.25, 0.3) is 5.56 Å². The number of benzene rings is 1. The molecule has 2 aromatic rings. The highest BCUT2D eigenvalue weighted by atomic mass is 35.5. The van der Waals surface area contributed by atoms with E-state index in [4.69, 9.17) is 11.6 Å². The summed E-state index contributed by atoms with van der Waals surface area (Å²) < 4.78 is 1.67. The summed E-state index contributed by atoms with van der Waals surface area (Å²) in [5, 5.41) is 4.07. The van der Waals surface area contributed by atoms with E-state index in [-0.39, 0.29) is 16.4 Å². The van der Waals surface area contributed by atoms with Gasteiger partial charge in [0.15, 0.2) is 0 Å². The van der Waals surface area contributed by atoms with Gasteiger partial charge in [-0.05, 0) is 48.4 Å². The lowest BCUT2D eigenvalue weighted by Gasteiger charge is -2.34. The van der Waals surface area contributed by atoms with Gasteiger partial charge < -0.3 is 0 Å². The Kier molecular flexibility index (Phi) is 2.41. The standard InChI is InChI=1S/C17H19ClN2O/c1-16(2)12-8-9-17(16,3)14-13(12)15(21)20(19-14)11-6-4-10(18)5-7-11/h4-7,12,19H,8-9H2,1-3H3. The number of halogens is 1. The predicted octanol–water partition coefficient (Wildman–Crippen LogP) is 3.99. The minimum atomic E-state index is 0.0732. The molecule has 0 radical (unpaired) electrons. The number of H-pyrrole nitrogens is 1. The highest BCUT2D eigenvalue weighted by Crippen LogP contribution is 2.66. The first kappa shape index (κ1) is 13.2. The molecule has 110 valence electrons. The zero-order chi connectivity index (χ0) is 15.0. The van der Waals surface area contributed by atoms with Gasteiger partial charge in [-0.1, -0.05) is 32.4 Å². The van der Waals surface area contributed by atoms with Gasteiger partial charge in [-0.25, -0.2) is 4.68 Å². The highest BCUT2D eigenvalue weighted by Gasteiger charge is 2.61. The molecule has 1 fully saturated rings.